The number of pyridine rings is 1. The Morgan fingerprint density at radius 3 is 2.57 bits per heavy atom. The number of carbonyl (C=O) groups excluding carboxylic acids is 1. The average molecular weight is 443 g/mol. The first-order valence-corrected chi connectivity index (χ1v) is 9.98. The van der Waals surface area contributed by atoms with Crippen LogP contribution in [0.2, 0.25) is 5.02 Å². The third-order valence-electron chi connectivity index (χ3n) is 5.00. The molecule has 0 bridgehead atoms. The molecule has 1 saturated carbocycles. The van der Waals surface area contributed by atoms with Crippen LogP contribution in [0, 0.1) is 6.92 Å². The molecule has 9 heteroatoms. The number of amides is 1. The summed E-state index contributed by atoms with van der Waals surface area (Å²) in [6, 6.07) is 7.49. The summed E-state index contributed by atoms with van der Waals surface area (Å²) in [4.78, 5) is 17.0. The van der Waals surface area contributed by atoms with Crippen molar-refractivity contribution >= 4 is 17.5 Å². The van der Waals surface area contributed by atoms with Gasteiger partial charge in [0.15, 0.2) is 6.61 Å². The zero-order chi connectivity index (χ0) is 21.9. The molecule has 0 saturated heterocycles. The van der Waals surface area contributed by atoms with Crippen molar-refractivity contribution in [1.29, 1.82) is 0 Å². The van der Waals surface area contributed by atoms with E-state index in [1.165, 1.54) is 13.0 Å². The highest BCUT2D eigenvalue weighted by atomic mass is 35.5. The topological polar surface area (TPSA) is 71.5 Å². The maximum atomic E-state index is 12.8. The fourth-order valence-electron chi connectivity index (χ4n) is 3.44. The van der Waals surface area contributed by atoms with E-state index in [1.807, 2.05) is 0 Å². The summed E-state index contributed by atoms with van der Waals surface area (Å²) in [5.74, 6) is -0.662. The Morgan fingerprint density at radius 2 is 1.93 bits per heavy atom. The number of aliphatic hydroxyl groups is 1. The van der Waals surface area contributed by atoms with Gasteiger partial charge in [-0.1, -0.05) is 36.6 Å². The molecule has 2 atom stereocenters. The predicted octanol–water partition coefficient (Wildman–Crippen LogP) is 4.68. The molecule has 1 aromatic carbocycles. The quantitative estimate of drug-likeness (QED) is 0.705. The lowest BCUT2D eigenvalue weighted by Crippen LogP contribution is -2.45. The molecule has 0 spiro atoms. The third kappa shape index (κ3) is 5.64. The number of ether oxygens (including phenoxy) is 1. The van der Waals surface area contributed by atoms with Crippen LogP contribution in [0.3, 0.4) is 0 Å². The largest absolute Gasteiger partial charge is 0.468 e. The highest BCUT2D eigenvalue weighted by Crippen LogP contribution is 2.32. The molecule has 1 fully saturated rings. The molecule has 0 radical (unpaired) electrons. The molecule has 162 valence electrons. The van der Waals surface area contributed by atoms with Crippen molar-refractivity contribution in [2.75, 3.05) is 6.61 Å². The van der Waals surface area contributed by atoms with E-state index in [4.69, 9.17) is 16.3 Å². The van der Waals surface area contributed by atoms with E-state index in [-0.39, 0.29) is 28.7 Å². The Hall–Kier alpha value is -2.32. The summed E-state index contributed by atoms with van der Waals surface area (Å²) in [7, 11) is 0. The summed E-state index contributed by atoms with van der Waals surface area (Å²) < 4.78 is 43.0. The minimum Gasteiger partial charge on any atom is -0.468 e. The smallest absolute Gasteiger partial charge is 0.422 e. The van der Waals surface area contributed by atoms with Gasteiger partial charge >= 0.3 is 6.18 Å². The molecule has 1 amide bonds. The number of alkyl halides is 3. The Kier molecular flexibility index (Phi) is 6.88. The summed E-state index contributed by atoms with van der Waals surface area (Å²) in [6.45, 7) is 0.0259. The van der Waals surface area contributed by atoms with E-state index < -0.39 is 24.8 Å². The molecule has 1 aliphatic carbocycles. The summed E-state index contributed by atoms with van der Waals surface area (Å²) in [6.07, 6.45) is -2.07. The first-order chi connectivity index (χ1) is 14.1. The molecular formula is C21H22ClF3N2O3. The van der Waals surface area contributed by atoms with Crippen LogP contribution in [0.4, 0.5) is 13.2 Å². The number of hydrogen-bond donors (Lipinski definition) is 2. The van der Waals surface area contributed by atoms with E-state index >= 15 is 0 Å². The Balaban J connectivity index is 1.94. The molecule has 1 aliphatic rings. The van der Waals surface area contributed by atoms with Crippen LogP contribution >= 0.6 is 11.6 Å². The minimum absolute atomic E-state index is 0.206. The highest BCUT2D eigenvalue weighted by Gasteiger charge is 2.30. The van der Waals surface area contributed by atoms with Gasteiger partial charge in [0.05, 0.1) is 23.4 Å². The van der Waals surface area contributed by atoms with Crippen LogP contribution in [-0.4, -0.2) is 40.9 Å². The molecule has 5 nitrogen and oxygen atoms in total. The van der Waals surface area contributed by atoms with Gasteiger partial charge in [0.2, 0.25) is 5.88 Å². The molecule has 1 heterocycles. The van der Waals surface area contributed by atoms with Crippen LogP contribution in [0.25, 0.3) is 11.1 Å². The minimum atomic E-state index is -4.53. The fraction of sp³-hybridized carbons (Fsp3) is 0.429. The number of benzene rings is 1. The zero-order valence-corrected chi connectivity index (χ0v) is 17.1. The van der Waals surface area contributed by atoms with Crippen molar-refractivity contribution in [2.24, 2.45) is 0 Å². The van der Waals surface area contributed by atoms with Gasteiger partial charge < -0.3 is 15.2 Å². The zero-order valence-electron chi connectivity index (χ0n) is 16.3. The second-order valence-corrected chi connectivity index (χ2v) is 7.75. The Bertz CT molecular complexity index is 904. The number of aryl methyl sites for hydroxylation is 1. The van der Waals surface area contributed by atoms with Crippen molar-refractivity contribution in [2.45, 2.75) is 50.9 Å². The van der Waals surface area contributed by atoms with Gasteiger partial charge in [0.1, 0.15) is 0 Å². The summed E-state index contributed by atoms with van der Waals surface area (Å²) in [5.41, 5.74) is 1.19. The maximum Gasteiger partial charge on any atom is 0.422 e. The lowest BCUT2D eigenvalue weighted by molar-refractivity contribution is -0.154. The van der Waals surface area contributed by atoms with Crippen LogP contribution in [-0.2, 0) is 0 Å². The SMILES string of the molecule is Cc1nc(OCC(F)(F)F)c(-c2ccc(Cl)cc2)cc1C(=O)N[C@@H]1CCCC[C@H]1O. The molecule has 0 unspecified atom stereocenters. The van der Waals surface area contributed by atoms with Crippen molar-refractivity contribution in [3.8, 4) is 17.0 Å². The lowest BCUT2D eigenvalue weighted by Gasteiger charge is -2.28. The predicted molar refractivity (Wildman–Crippen MR) is 107 cm³/mol. The fourth-order valence-corrected chi connectivity index (χ4v) is 3.56. The number of hydrogen-bond acceptors (Lipinski definition) is 4. The van der Waals surface area contributed by atoms with Gasteiger partial charge in [-0.05, 0) is 43.5 Å². The molecule has 30 heavy (non-hydrogen) atoms. The number of halogens is 4. The van der Waals surface area contributed by atoms with Gasteiger partial charge in [-0.3, -0.25) is 4.79 Å². The Morgan fingerprint density at radius 1 is 1.27 bits per heavy atom. The van der Waals surface area contributed by atoms with Gasteiger partial charge in [-0.25, -0.2) is 4.98 Å². The monoisotopic (exact) mass is 442 g/mol. The second-order valence-electron chi connectivity index (χ2n) is 7.32. The van der Waals surface area contributed by atoms with Crippen LogP contribution in [0.5, 0.6) is 5.88 Å². The van der Waals surface area contributed by atoms with Crippen molar-refractivity contribution in [3.63, 3.8) is 0 Å². The molecule has 0 aliphatic heterocycles. The number of carbonyl (C=O) groups is 1. The molecule has 3 rings (SSSR count). The van der Waals surface area contributed by atoms with Gasteiger partial charge in [0, 0.05) is 10.6 Å². The Labute approximate surface area is 177 Å². The third-order valence-corrected chi connectivity index (χ3v) is 5.25. The standard InChI is InChI=1S/C21H22ClF3N2O3/c1-12-15(19(29)27-17-4-2-3-5-18(17)28)10-16(13-6-8-14(22)9-7-13)20(26-12)30-11-21(23,24)25/h6-10,17-18,28H,2-5,11H2,1H3,(H,27,29)/t17-,18-/m1/s1. The number of rotatable bonds is 5. The van der Waals surface area contributed by atoms with Crippen molar-refractivity contribution < 1.29 is 27.8 Å². The first-order valence-electron chi connectivity index (χ1n) is 9.60. The van der Waals surface area contributed by atoms with Crippen molar-refractivity contribution in [3.05, 3.63) is 46.6 Å². The summed E-state index contributed by atoms with van der Waals surface area (Å²) in [5, 5.41) is 13.4. The van der Waals surface area contributed by atoms with E-state index in [2.05, 4.69) is 10.3 Å². The number of aliphatic hydroxyl groups excluding tert-OH is 1. The van der Waals surface area contributed by atoms with E-state index in [1.54, 1.807) is 24.3 Å². The number of aromatic nitrogens is 1. The normalized spacial score (nSPS) is 19.4. The first kappa shape index (κ1) is 22.4. The van der Waals surface area contributed by atoms with E-state index in [9.17, 15) is 23.1 Å². The van der Waals surface area contributed by atoms with Crippen LogP contribution in [0.1, 0.15) is 41.7 Å². The molecule has 2 aromatic rings. The molecular weight excluding hydrogens is 421 g/mol. The summed E-state index contributed by atoms with van der Waals surface area (Å²) >= 11 is 5.91. The van der Waals surface area contributed by atoms with Gasteiger partial charge in [0.25, 0.3) is 5.91 Å². The van der Waals surface area contributed by atoms with Crippen molar-refractivity contribution in [1.82, 2.24) is 10.3 Å². The van der Waals surface area contributed by atoms with Gasteiger partial charge in [-0.2, -0.15) is 13.2 Å². The van der Waals surface area contributed by atoms with Gasteiger partial charge in [-0.15, -0.1) is 0 Å². The van der Waals surface area contributed by atoms with E-state index in [0.29, 0.717) is 23.4 Å². The highest BCUT2D eigenvalue weighted by molar-refractivity contribution is 6.30. The van der Waals surface area contributed by atoms with E-state index in [0.717, 1.165) is 12.8 Å². The lowest BCUT2D eigenvalue weighted by atomic mass is 9.92. The second kappa shape index (κ2) is 9.22. The molecule has 1 aromatic heterocycles. The average Bonchev–Trinajstić information content (AvgIpc) is 2.68. The maximum absolute atomic E-state index is 12.8. The molecule has 2 N–H and O–H groups in total. The number of nitrogens with zero attached hydrogens (tertiary/aromatic N) is 1. The number of nitrogens with one attached hydrogen (secondary N) is 1. The van der Waals surface area contributed by atoms with Crippen LogP contribution in [0.15, 0.2) is 30.3 Å². The van der Waals surface area contributed by atoms with Crippen LogP contribution < -0.4 is 10.1 Å².